The van der Waals surface area contributed by atoms with E-state index in [1.54, 1.807) is 0 Å². The summed E-state index contributed by atoms with van der Waals surface area (Å²) in [5, 5.41) is 0.697. The van der Waals surface area contributed by atoms with Crippen LogP contribution in [0.3, 0.4) is 0 Å². The lowest BCUT2D eigenvalue weighted by Crippen LogP contribution is -1.90. The summed E-state index contributed by atoms with van der Waals surface area (Å²) in [5.41, 5.74) is 3.15. The first-order chi connectivity index (χ1) is 9.63. The van der Waals surface area contributed by atoms with Crippen LogP contribution in [0.4, 0.5) is 0 Å². The van der Waals surface area contributed by atoms with Crippen molar-refractivity contribution >= 4 is 23.8 Å². The van der Waals surface area contributed by atoms with Crippen molar-refractivity contribution in [2.24, 2.45) is 0 Å². The van der Waals surface area contributed by atoms with Crippen molar-refractivity contribution < 1.29 is 4.42 Å². The third-order valence-corrected chi connectivity index (χ3v) is 3.61. The van der Waals surface area contributed by atoms with E-state index in [2.05, 4.69) is 6.92 Å². The lowest BCUT2D eigenvalue weighted by atomic mass is 10.1. The Labute approximate surface area is 127 Å². The molecule has 2 aromatic carbocycles. The monoisotopic (exact) mass is 301 g/mol. The fourth-order valence-corrected chi connectivity index (χ4v) is 2.35. The number of rotatable bonds is 2. The Balaban J connectivity index is 2.05. The van der Waals surface area contributed by atoms with Gasteiger partial charge in [-0.15, -0.1) is 0 Å². The van der Waals surface area contributed by atoms with Gasteiger partial charge in [-0.05, 0) is 43.4 Å². The highest BCUT2D eigenvalue weighted by Crippen LogP contribution is 2.24. The van der Waals surface area contributed by atoms with E-state index in [1.165, 1.54) is 5.56 Å². The number of aryl methyl sites for hydroxylation is 1. The van der Waals surface area contributed by atoms with E-state index in [0.717, 1.165) is 17.0 Å². The molecular weight excluding hydrogens is 290 g/mol. The van der Waals surface area contributed by atoms with Gasteiger partial charge >= 0.3 is 0 Å². The second kappa shape index (κ2) is 5.27. The van der Waals surface area contributed by atoms with Gasteiger partial charge in [0.1, 0.15) is 0 Å². The first kappa shape index (κ1) is 13.2. The molecule has 0 spiro atoms. The zero-order valence-corrected chi connectivity index (χ0v) is 12.4. The molecule has 100 valence electrons. The Hall–Kier alpha value is -1.84. The van der Waals surface area contributed by atoms with Crippen LogP contribution < -0.4 is 0 Å². The minimum Gasteiger partial charge on any atom is -0.429 e. The van der Waals surface area contributed by atoms with Crippen LogP contribution in [0.2, 0.25) is 5.02 Å². The molecule has 3 aromatic rings. The number of benzene rings is 2. The SMILES string of the molecule is Cc1ccc(-c2cn(-c3ccc(Cl)cc3)c(=S)o2)cc1. The van der Waals surface area contributed by atoms with Gasteiger partial charge in [-0.25, -0.2) is 0 Å². The van der Waals surface area contributed by atoms with Gasteiger partial charge in [0.25, 0.3) is 4.84 Å². The molecule has 0 aliphatic heterocycles. The average molecular weight is 302 g/mol. The second-order valence-electron chi connectivity index (χ2n) is 4.57. The minimum absolute atomic E-state index is 0.419. The molecule has 20 heavy (non-hydrogen) atoms. The van der Waals surface area contributed by atoms with Gasteiger partial charge in [-0.2, -0.15) is 0 Å². The summed E-state index contributed by atoms with van der Waals surface area (Å²) < 4.78 is 7.50. The summed E-state index contributed by atoms with van der Waals surface area (Å²) in [6.07, 6.45) is 1.90. The Kier molecular flexibility index (Phi) is 3.47. The van der Waals surface area contributed by atoms with Crippen molar-refractivity contribution in [3.63, 3.8) is 0 Å². The summed E-state index contributed by atoms with van der Waals surface area (Å²) >= 11 is 11.2. The van der Waals surface area contributed by atoms with E-state index >= 15 is 0 Å². The lowest BCUT2D eigenvalue weighted by molar-refractivity contribution is 0.544. The van der Waals surface area contributed by atoms with Crippen LogP contribution in [0, 0.1) is 11.8 Å². The normalized spacial score (nSPS) is 10.7. The van der Waals surface area contributed by atoms with Crippen LogP contribution in [0.1, 0.15) is 5.56 Å². The van der Waals surface area contributed by atoms with Crippen molar-refractivity contribution in [2.75, 3.05) is 0 Å². The third kappa shape index (κ3) is 2.55. The molecule has 0 saturated carbocycles. The summed E-state index contributed by atoms with van der Waals surface area (Å²) in [5.74, 6) is 0.755. The topological polar surface area (TPSA) is 18.1 Å². The van der Waals surface area contributed by atoms with Crippen LogP contribution in [0.25, 0.3) is 17.0 Å². The highest BCUT2D eigenvalue weighted by molar-refractivity contribution is 7.71. The first-order valence-electron chi connectivity index (χ1n) is 6.19. The third-order valence-electron chi connectivity index (χ3n) is 3.08. The number of nitrogens with zero attached hydrogens (tertiary/aromatic N) is 1. The van der Waals surface area contributed by atoms with Gasteiger partial charge in [0.15, 0.2) is 5.76 Å². The first-order valence-corrected chi connectivity index (χ1v) is 6.97. The maximum atomic E-state index is 5.90. The molecular formula is C16H12ClNOS. The van der Waals surface area contributed by atoms with Crippen molar-refractivity contribution in [2.45, 2.75) is 6.92 Å². The van der Waals surface area contributed by atoms with E-state index in [-0.39, 0.29) is 0 Å². The van der Waals surface area contributed by atoms with Crippen molar-refractivity contribution in [3.8, 4) is 17.0 Å². The summed E-state index contributed by atoms with van der Waals surface area (Å²) in [6.45, 7) is 2.05. The number of halogens is 1. The maximum absolute atomic E-state index is 5.90. The molecule has 0 N–H and O–H groups in total. The Morgan fingerprint density at radius 3 is 2.30 bits per heavy atom. The predicted octanol–water partition coefficient (Wildman–Crippen LogP) is 5.43. The molecule has 0 radical (unpaired) electrons. The van der Waals surface area contributed by atoms with Gasteiger partial charge in [-0.3, -0.25) is 4.57 Å². The summed E-state index contributed by atoms with van der Waals surface area (Å²) in [7, 11) is 0. The van der Waals surface area contributed by atoms with Crippen LogP contribution in [0.15, 0.2) is 59.1 Å². The van der Waals surface area contributed by atoms with E-state index in [0.29, 0.717) is 9.86 Å². The fraction of sp³-hybridized carbons (Fsp3) is 0.0625. The van der Waals surface area contributed by atoms with Crippen molar-refractivity contribution in [1.29, 1.82) is 0 Å². The van der Waals surface area contributed by atoms with Crippen molar-refractivity contribution in [1.82, 2.24) is 4.57 Å². The van der Waals surface area contributed by atoms with Crippen LogP contribution in [-0.2, 0) is 0 Å². The van der Waals surface area contributed by atoms with Crippen LogP contribution in [0.5, 0.6) is 0 Å². The van der Waals surface area contributed by atoms with E-state index in [1.807, 2.05) is 59.3 Å². The van der Waals surface area contributed by atoms with E-state index in [9.17, 15) is 0 Å². The molecule has 0 bridgehead atoms. The highest BCUT2D eigenvalue weighted by atomic mass is 35.5. The fourth-order valence-electron chi connectivity index (χ4n) is 1.97. The minimum atomic E-state index is 0.419. The van der Waals surface area contributed by atoms with Gasteiger partial charge in [0.05, 0.1) is 6.20 Å². The standard InChI is InChI=1S/C16H12ClNOS/c1-11-2-4-12(5-3-11)15-10-18(16(20)19-15)14-8-6-13(17)7-9-14/h2-10H,1H3. The summed E-state index contributed by atoms with van der Waals surface area (Å²) in [6, 6.07) is 15.6. The predicted molar refractivity (Wildman–Crippen MR) is 84.1 cm³/mol. The van der Waals surface area contributed by atoms with E-state index < -0.39 is 0 Å². The molecule has 0 aliphatic rings. The second-order valence-corrected chi connectivity index (χ2v) is 5.36. The van der Waals surface area contributed by atoms with Crippen LogP contribution >= 0.6 is 23.8 Å². The molecule has 0 aliphatic carbocycles. The molecule has 2 nitrogen and oxygen atoms in total. The number of aromatic nitrogens is 1. The molecule has 0 fully saturated rings. The number of oxazole rings is 1. The largest absolute Gasteiger partial charge is 0.429 e. The molecule has 0 amide bonds. The van der Waals surface area contributed by atoms with Crippen LogP contribution in [-0.4, -0.2) is 4.57 Å². The van der Waals surface area contributed by atoms with E-state index in [4.69, 9.17) is 28.2 Å². The quantitative estimate of drug-likeness (QED) is 0.588. The number of hydrogen-bond donors (Lipinski definition) is 0. The molecule has 1 aromatic heterocycles. The lowest BCUT2D eigenvalue weighted by Gasteiger charge is -2.00. The molecule has 4 heteroatoms. The average Bonchev–Trinajstić information content (AvgIpc) is 2.82. The zero-order chi connectivity index (χ0) is 14.1. The highest BCUT2D eigenvalue weighted by Gasteiger charge is 2.07. The van der Waals surface area contributed by atoms with Gasteiger partial charge in [0, 0.05) is 16.3 Å². The van der Waals surface area contributed by atoms with Gasteiger partial charge < -0.3 is 4.42 Å². The molecule has 0 atom stereocenters. The zero-order valence-electron chi connectivity index (χ0n) is 10.8. The molecule has 0 saturated heterocycles. The Morgan fingerprint density at radius 1 is 1.00 bits per heavy atom. The number of hydrogen-bond acceptors (Lipinski definition) is 2. The Bertz CT molecular complexity index is 785. The maximum Gasteiger partial charge on any atom is 0.273 e. The smallest absolute Gasteiger partial charge is 0.273 e. The van der Waals surface area contributed by atoms with Gasteiger partial charge in [-0.1, -0.05) is 41.4 Å². The molecule has 0 unspecified atom stereocenters. The summed E-state index contributed by atoms with van der Waals surface area (Å²) in [4.78, 5) is 0.419. The van der Waals surface area contributed by atoms with Crippen molar-refractivity contribution in [3.05, 3.63) is 70.2 Å². The molecule has 1 heterocycles. The molecule has 3 rings (SSSR count). The van der Waals surface area contributed by atoms with Gasteiger partial charge in [0.2, 0.25) is 0 Å². The Morgan fingerprint density at radius 2 is 1.65 bits per heavy atom.